The molecular weight excluding hydrogens is 222 g/mol. The largest absolute Gasteiger partial charge is 0.364 e. The second kappa shape index (κ2) is 4.94. The van der Waals surface area contributed by atoms with Gasteiger partial charge >= 0.3 is 0 Å². The molecule has 0 aliphatic heterocycles. The summed E-state index contributed by atoms with van der Waals surface area (Å²) in [6.07, 6.45) is 2.20. The van der Waals surface area contributed by atoms with Crippen molar-refractivity contribution in [2.24, 2.45) is 0 Å². The second-order valence-corrected chi connectivity index (χ2v) is 4.47. The van der Waals surface area contributed by atoms with Crippen molar-refractivity contribution in [2.45, 2.75) is 19.9 Å². The Morgan fingerprint density at radius 3 is 3.12 bits per heavy atom. The second-order valence-electron chi connectivity index (χ2n) is 3.53. The number of nitrogens with zero attached hydrogens (tertiary/aromatic N) is 1. The highest BCUT2D eigenvalue weighted by atomic mass is 32.1. The molecule has 16 heavy (non-hydrogen) atoms. The molecule has 0 saturated heterocycles. The van der Waals surface area contributed by atoms with Crippen LogP contribution in [-0.4, -0.2) is 15.9 Å². The van der Waals surface area contributed by atoms with E-state index in [0.717, 1.165) is 16.4 Å². The lowest BCUT2D eigenvalue weighted by molar-refractivity contribution is -0.120. The third-order valence-corrected chi connectivity index (χ3v) is 3.08. The zero-order valence-electron chi connectivity index (χ0n) is 8.99. The first-order valence-electron chi connectivity index (χ1n) is 5.04. The molecule has 84 valence electrons. The smallest absolute Gasteiger partial charge is 0.227 e. The van der Waals surface area contributed by atoms with Gasteiger partial charge in [-0.05, 0) is 19.1 Å². The van der Waals surface area contributed by atoms with Crippen LogP contribution >= 0.6 is 11.3 Å². The van der Waals surface area contributed by atoms with Crippen molar-refractivity contribution < 1.29 is 4.79 Å². The minimum Gasteiger partial charge on any atom is -0.364 e. The van der Waals surface area contributed by atoms with E-state index in [9.17, 15) is 4.79 Å². The van der Waals surface area contributed by atoms with Gasteiger partial charge in [0.25, 0.3) is 0 Å². The molecule has 0 radical (unpaired) electrons. The topological polar surface area (TPSA) is 57.8 Å². The van der Waals surface area contributed by atoms with Crippen molar-refractivity contribution in [3.05, 3.63) is 40.1 Å². The Hall–Kier alpha value is -1.62. The van der Waals surface area contributed by atoms with Crippen LogP contribution in [0.15, 0.2) is 23.7 Å². The fourth-order valence-electron chi connectivity index (χ4n) is 1.36. The van der Waals surface area contributed by atoms with Crippen LogP contribution in [0.5, 0.6) is 0 Å². The van der Waals surface area contributed by atoms with E-state index in [4.69, 9.17) is 0 Å². The zero-order valence-corrected chi connectivity index (χ0v) is 9.80. The highest BCUT2D eigenvalue weighted by molar-refractivity contribution is 7.09. The minimum absolute atomic E-state index is 0.00366. The Balaban J connectivity index is 1.81. The Bertz CT molecular complexity index is 461. The predicted molar refractivity (Wildman–Crippen MR) is 63.2 cm³/mol. The molecule has 2 aromatic heterocycles. The summed E-state index contributed by atoms with van der Waals surface area (Å²) in [6, 6.07) is 3.85. The maximum atomic E-state index is 11.6. The average molecular weight is 235 g/mol. The van der Waals surface area contributed by atoms with E-state index in [1.54, 1.807) is 0 Å². The van der Waals surface area contributed by atoms with E-state index in [-0.39, 0.29) is 5.91 Å². The zero-order chi connectivity index (χ0) is 11.4. The molecule has 2 aromatic rings. The molecule has 0 spiro atoms. The van der Waals surface area contributed by atoms with Crippen molar-refractivity contribution in [1.29, 1.82) is 0 Å². The number of H-pyrrole nitrogens is 1. The maximum absolute atomic E-state index is 11.6. The van der Waals surface area contributed by atoms with Gasteiger partial charge in [-0.1, -0.05) is 0 Å². The van der Waals surface area contributed by atoms with Crippen LogP contribution in [0.1, 0.15) is 16.4 Å². The molecule has 0 aliphatic carbocycles. The van der Waals surface area contributed by atoms with E-state index < -0.39 is 0 Å². The molecule has 1 amide bonds. The lowest BCUT2D eigenvalue weighted by Crippen LogP contribution is -2.24. The first-order chi connectivity index (χ1) is 7.74. The molecule has 0 unspecified atom stereocenters. The Morgan fingerprint density at radius 1 is 1.62 bits per heavy atom. The number of thiazole rings is 1. The number of carbonyl (C=O) groups is 1. The number of hydrogen-bond donors (Lipinski definition) is 2. The molecule has 0 fully saturated rings. The van der Waals surface area contributed by atoms with Crippen LogP contribution in [0.25, 0.3) is 0 Å². The van der Waals surface area contributed by atoms with E-state index in [0.29, 0.717) is 13.0 Å². The van der Waals surface area contributed by atoms with Crippen molar-refractivity contribution in [2.75, 3.05) is 0 Å². The van der Waals surface area contributed by atoms with E-state index in [1.807, 2.05) is 30.6 Å². The normalized spacial score (nSPS) is 10.3. The van der Waals surface area contributed by atoms with Gasteiger partial charge in [0, 0.05) is 23.0 Å². The molecule has 2 rings (SSSR count). The number of hydrogen-bond acceptors (Lipinski definition) is 3. The van der Waals surface area contributed by atoms with E-state index in [1.165, 1.54) is 11.3 Å². The summed E-state index contributed by atoms with van der Waals surface area (Å²) in [5.41, 5.74) is 1.97. The summed E-state index contributed by atoms with van der Waals surface area (Å²) in [5, 5.41) is 5.65. The monoisotopic (exact) mass is 235 g/mol. The number of aromatic nitrogens is 2. The number of amides is 1. The van der Waals surface area contributed by atoms with Gasteiger partial charge in [-0.25, -0.2) is 4.98 Å². The third kappa shape index (κ3) is 2.93. The predicted octanol–water partition coefficient (Wildman–Crippen LogP) is 1.64. The lowest BCUT2D eigenvalue weighted by Gasteiger charge is -2.01. The van der Waals surface area contributed by atoms with Crippen LogP contribution in [0, 0.1) is 6.92 Å². The van der Waals surface area contributed by atoms with Crippen LogP contribution in [0.4, 0.5) is 0 Å². The standard InChI is InChI=1S/C11H13N3OS/c1-8-7-16-11(14-8)5-10(15)13-6-9-3-2-4-12-9/h2-4,7,12H,5-6H2,1H3,(H,13,15). The molecule has 2 heterocycles. The van der Waals surface area contributed by atoms with Crippen molar-refractivity contribution in [1.82, 2.24) is 15.3 Å². The van der Waals surface area contributed by atoms with Gasteiger partial charge in [-0.3, -0.25) is 4.79 Å². The van der Waals surface area contributed by atoms with Gasteiger partial charge in [0.2, 0.25) is 5.91 Å². The Kier molecular flexibility index (Phi) is 3.36. The number of aromatic amines is 1. The van der Waals surface area contributed by atoms with Crippen molar-refractivity contribution in [3.8, 4) is 0 Å². The highest BCUT2D eigenvalue weighted by Gasteiger charge is 2.06. The molecule has 0 atom stereocenters. The summed E-state index contributed by atoms with van der Waals surface area (Å²) >= 11 is 1.52. The first kappa shape index (κ1) is 10.9. The first-order valence-corrected chi connectivity index (χ1v) is 5.92. The van der Waals surface area contributed by atoms with Crippen LogP contribution in [0.2, 0.25) is 0 Å². The SMILES string of the molecule is Cc1csc(CC(=O)NCc2ccc[nH]2)n1. The Morgan fingerprint density at radius 2 is 2.50 bits per heavy atom. The number of nitrogens with one attached hydrogen (secondary N) is 2. The molecule has 2 N–H and O–H groups in total. The van der Waals surface area contributed by atoms with Gasteiger partial charge in [-0.15, -0.1) is 11.3 Å². The van der Waals surface area contributed by atoms with Crippen LogP contribution in [-0.2, 0) is 17.8 Å². The highest BCUT2D eigenvalue weighted by Crippen LogP contribution is 2.09. The van der Waals surface area contributed by atoms with Crippen molar-refractivity contribution >= 4 is 17.2 Å². The fraction of sp³-hybridized carbons (Fsp3) is 0.273. The van der Waals surface area contributed by atoms with Gasteiger partial charge in [0.15, 0.2) is 0 Å². The number of rotatable bonds is 4. The number of carbonyl (C=O) groups excluding carboxylic acids is 1. The molecule has 0 saturated carbocycles. The fourth-order valence-corrected chi connectivity index (χ4v) is 2.13. The van der Waals surface area contributed by atoms with Gasteiger partial charge in [0.05, 0.1) is 13.0 Å². The molecule has 0 aromatic carbocycles. The maximum Gasteiger partial charge on any atom is 0.227 e. The molecular formula is C11H13N3OS. The van der Waals surface area contributed by atoms with Crippen LogP contribution in [0.3, 0.4) is 0 Å². The number of aryl methyl sites for hydroxylation is 1. The molecule has 5 heteroatoms. The molecule has 0 aliphatic rings. The van der Waals surface area contributed by atoms with Crippen LogP contribution < -0.4 is 5.32 Å². The van der Waals surface area contributed by atoms with Gasteiger partial charge < -0.3 is 10.3 Å². The third-order valence-electron chi connectivity index (χ3n) is 2.12. The minimum atomic E-state index is 0.00366. The lowest BCUT2D eigenvalue weighted by atomic mass is 10.4. The summed E-state index contributed by atoms with van der Waals surface area (Å²) in [4.78, 5) is 18.8. The summed E-state index contributed by atoms with van der Waals surface area (Å²) < 4.78 is 0. The molecule has 4 nitrogen and oxygen atoms in total. The van der Waals surface area contributed by atoms with E-state index >= 15 is 0 Å². The summed E-state index contributed by atoms with van der Waals surface area (Å²) in [7, 11) is 0. The van der Waals surface area contributed by atoms with Gasteiger partial charge in [0.1, 0.15) is 5.01 Å². The van der Waals surface area contributed by atoms with Crippen molar-refractivity contribution in [3.63, 3.8) is 0 Å². The Labute approximate surface area is 97.7 Å². The summed E-state index contributed by atoms with van der Waals surface area (Å²) in [6.45, 7) is 2.47. The average Bonchev–Trinajstić information content (AvgIpc) is 2.87. The summed E-state index contributed by atoms with van der Waals surface area (Å²) in [5.74, 6) is 0.00366. The molecule has 0 bridgehead atoms. The van der Waals surface area contributed by atoms with Gasteiger partial charge in [-0.2, -0.15) is 0 Å². The van der Waals surface area contributed by atoms with E-state index in [2.05, 4.69) is 15.3 Å². The quantitative estimate of drug-likeness (QED) is 0.846.